The van der Waals surface area contributed by atoms with E-state index >= 15 is 0 Å². The maximum atomic E-state index is 13.1. The summed E-state index contributed by atoms with van der Waals surface area (Å²) >= 11 is 6.62. The average Bonchev–Trinajstić information content (AvgIpc) is 2.88. The minimum Gasteiger partial charge on any atom is -0.471 e. The Morgan fingerprint density at radius 2 is 1.86 bits per heavy atom. The van der Waals surface area contributed by atoms with Gasteiger partial charge < -0.3 is 18.8 Å². The number of carbonyl (C=O) groups is 1. The summed E-state index contributed by atoms with van der Waals surface area (Å²) in [6, 6.07) is 18.8. The maximum absolute atomic E-state index is 13.1. The van der Waals surface area contributed by atoms with Crippen molar-refractivity contribution in [3.05, 3.63) is 104 Å². The Morgan fingerprint density at radius 3 is 2.63 bits per heavy atom. The van der Waals surface area contributed by atoms with Crippen LogP contribution in [-0.2, 0) is 17.7 Å². The second kappa shape index (κ2) is 9.47. The van der Waals surface area contributed by atoms with Crippen molar-refractivity contribution in [2.24, 2.45) is 0 Å². The molecule has 5 rings (SSSR count). The zero-order valence-corrected chi connectivity index (χ0v) is 20.2. The van der Waals surface area contributed by atoms with Gasteiger partial charge in [-0.15, -0.1) is 0 Å². The number of nitrogens with zero attached hydrogens (tertiary/aromatic N) is 1. The molecule has 0 N–H and O–H groups in total. The molecule has 6 nitrogen and oxygen atoms in total. The monoisotopic (exact) mass is 489 g/mol. The number of fused-ring (bicyclic) bond motifs is 3. The highest BCUT2D eigenvalue weighted by Crippen LogP contribution is 2.41. The number of anilines is 1. The van der Waals surface area contributed by atoms with Gasteiger partial charge in [0.15, 0.2) is 6.73 Å². The van der Waals surface area contributed by atoms with E-state index in [4.69, 9.17) is 25.5 Å². The molecule has 0 radical (unpaired) electrons. The van der Waals surface area contributed by atoms with Gasteiger partial charge in [-0.3, -0.25) is 0 Å². The lowest BCUT2D eigenvalue weighted by Gasteiger charge is -2.32. The summed E-state index contributed by atoms with van der Waals surface area (Å²) in [7, 11) is 0. The number of hydrogen-bond acceptors (Lipinski definition) is 6. The molecule has 178 valence electrons. The van der Waals surface area contributed by atoms with Crippen LogP contribution in [0.3, 0.4) is 0 Å². The number of para-hydroxylation sites is 1. The van der Waals surface area contributed by atoms with Crippen LogP contribution in [0.2, 0.25) is 5.02 Å². The van der Waals surface area contributed by atoms with Crippen molar-refractivity contribution in [3.63, 3.8) is 0 Å². The molecule has 0 bridgehead atoms. The predicted octanol–water partition coefficient (Wildman–Crippen LogP) is 5.88. The molecule has 0 fully saturated rings. The van der Waals surface area contributed by atoms with Crippen LogP contribution in [0.4, 0.5) is 5.69 Å². The van der Waals surface area contributed by atoms with Crippen molar-refractivity contribution in [1.29, 1.82) is 0 Å². The van der Waals surface area contributed by atoms with Gasteiger partial charge in [0.25, 0.3) is 0 Å². The third-order valence-corrected chi connectivity index (χ3v) is 6.54. The number of halogens is 1. The summed E-state index contributed by atoms with van der Waals surface area (Å²) in [5, 5.41) is 1.22. The molecule has 2 heterocycles. The van der Waals surface area contributed by atoms with E-state index in [0.717, 1.165) is 16.5 Å². The quantitative estimate of drug-likeness (QED) is 0.257. The third-order valence-electron chi connectivity index (χ3n) is 6.26. The normalized spacial score (nSPS) is 12.8. The molecule has 4 aromatic rings. The van der Waals surface area contributed by atoms with Crippen LogP contribution in [0.15, 0.2) is 69.9 Å². The lowest BCUT2D eigenvalue weighted by Crippen LogP contribution is -2.33. The molecule has 1 aliphatic rings. The SMILES string of the molecule is CCOC(=O)c1ccccc1N1COc2c(Cl)cc3c(C)c(Cc4ccccc4)c(=O)oc3c2C1. The highest BCUT2D eigenvalue weighted by molar-refractivity contribution is 6.33. The van der Waals surface area contributed by atoms with Crippen LogP contribution in [0.25, 0.3) is 11.0 Å². The topological polar surface area (TPSA) is 69.0 Å². The highest BCUT2D eigenvalue weighted by atomic mass is 35.5. The van der Waals surface area contributed by atoms with Crippen LogP contribution in [0.1, 0.15) is 39.5 Å². The van der Waals surface area contributed by atoms with Crippen LogP contribution in [-0.4, -0.2) is 19.3 Å². The molecule has 0 spiro atoms. The fourth-order valence-electron chi connectivity index (χ4n) is 4.50. The van der Waals surface area contributed by atoms with E-state index in [9.17, 15) is 9.59 Å². The van der Waals surface area contributed by atoms with Crippen molar-refractivity contribution in [3.8, 4) is 5.75 Å². The molecule has 0 amide bonds. The number of benzene rings is 3. The molecule has 0 aliphatic carbocycles. The smallest absolute Gasteiger partial charge is 0.340 e. The summed E-state index contributed by atoms with van der Waals surface area (Å²) in [6.07, 6.45) is 0.467. The molecular weight excluding hydrogens is 466 g/mol. The van der Waals surface area contributed by atoms with E-state index in [1.165, 1.54) is 0 Å². The fraction of sp³-hybridized carbons (Fsp3) is 0.214. The van der Waals surface area contributed by atoms with Crippen LogP contribution < -0.4 is 15.3 Å². The predicted molar refractivity (Wildman–Crippen MR) is 136 cm³/mol. The van der Waals surface area contributed by atoms with E-state index in [1.807, 2.05) is 54.3 Å². The zero-order valence-electron chi connectivity index (χ0n) is 19.5. The summed E-state index contributed by atoms with van der Waals surface area (Å²) in [6.45, 7) is 4.50. The van der Waals surface area contributed by atoms with Crippen LogP contribution in [0, 0.1) is 6.92 Å². The molecule has 3 aromatic carbocycles. The standard InChI is InChI=1S/C28H24ClNO5/c1-3-33-27(31)19-11-7-8-12-24(19)30-15-22-25-20(14-23(29)26(22)34-16-30)17(2)21(28(32)35-25)13-18-9-5-4-6-10-18/h4-12,14H,3,13,15-16H2,1-2H3. The Kier molecular flexibility index (Phi) is 6.22. The maximum Gasteiger partial charge on any atom is 0.340 e. The fourth-order valence-corrected chi connectivity index (χ4v) is 4.78. The molecule has 0 unspecified atom stereocenters. The number of esters is 1. The van der Waals surface area contributed by atoms with Crippen molar-refractivity contribution >= 4 is 34.2 Å². The van der Waals surface area contributed by atoms with Crippen LogP contribution >= 0.6 is 11.6 Å². The first kappa shape index (κ1) is 23.0. The van der Waals surface area contributed by atoms with Gasteiger partial charge in [0, 0.05) is 17.4 Å². The molecular formula is C28H24ClNO5. The average molecular weight is 490 g/mol. The van der Waals surface area contributed by atoms with Crippen molar-refractivity contribution in [2.75, 3.05) is 18.2 Å². The van der Waals surface area contributed by atoms with Crippen LogP contribution in [0.5, 0.6) is 5.75 Å². The summed E-state index contributed by atoms with van der Waals surface area (Å²) in [5.41, 5.74) is 4.30. The Morgan fingerprint density at radius 1 is 1.11 bits per heavy atom. The van der Waals surface area contributed by atoms with Gasteiger partial charge in [-0.2, -0.15) is 0 Å². The zero-order chi connectivity index (χ0) is 24.5. The Bertz CT molecular complexity index is 1480. The van der Waals surface area contributed by atoms with Crippen molar-refractivity contribution < 1.29 is 18.7 Å². The molecule has 0 saturated carbocycles. The third kappa shape index (κ3) is 4.26. The number of rotatable bonds is 5. The van der Waals surface area contributed by atoms with Gasteiger partial charge >= 0.3 is 11.6 Å². The Labute approximate surface area is 207 Å². The molecule has 0 saturated heterocycles. The van der Waals surface area contributed by atoms with Gasteiger partial charge in [-0.05, 0) is 43.2 Å². The summed E-state index contributed by atoms with van der Waals surface area (Å²) < 4.78 is 17.1. The minimum absolute atomic E-state index is 0.184. The van der Waals surface area contributed by atoms with Gasteiger partial charge in [-0.25, -0.2) is 9.59 Å². The first-order chi connectivity index (χ1) is 17.0. The minimum atomic E-state index is -0.405. The number of hydrogen-bond donors (Lipinski definition) is 0. The summed E-state index contributed by atoms with van der Waals surface area (Å²) in [4.78, 5) is 27.5. The lowest BCUT2D eigenvalue weighted by molar-refractivity contribution is 0.0527. The van der Waals surface area contributed by atoms with E-state index in [-0.39, 0.29) is 19.0 Å². The number of ether oxygens (including phenoxy) is 2. The Balaban J connectivity index is 1.59. The summed E-state index contributed by atoms with van der Waals surface area (Å²) in [5.74, 6) is 0.0835. The first-order valence-corrected chi connectivity index (χ1v) is 11.8. The molecule has 1 aliphatic heterocycles. The molecule has 0 atom stereocenters. The highest BCUT2D eigenvalue weighted by Gasteiger charge is 2.28. The van der Waals surface area contributed by atoms with E-state index in [1.54, 1.807) is 25.1 Å². The largest absolute Gasteiger partial charge is 0.471 e. The molecule has 1 aromatic heterocycles. The van der Waals surface area contributed by atoms with Gasteiger partial charge in [0.05, 0.1) is 35.0 Å². The Hall–Kier alpha value is -3.77. The van der Waals surface area contributed by atoms with Gasteiger partial charge in [0.1, 0.15) is 11.3 Å². The van der Waals surface area contributed by atoms with Gasteiger partial charge in [0.2, 0.25) is 0 Å². The van der Waals surface area contributed by atoms with Crippen molar-refractivity contribution in [2.45, 2.75) is 26.8 Å². The molecule has 35 heavy (non-hydrogen) atoms. The number of carbonyl (C=O) groups excluding carboxylic acids is 1. The lowest BCUT2D eigenvalue weighted by atomic mass is 9.97. The van der Waals surface area contributed by atoms with E-state index in [0.29, 0.717) is 51.7 Å². The number of aryl methyl sites for hydroxylation is 1. The van der Waals surface area contributed by atoms with Gasteiger partial charge in [-0.1, -0.05) is 54.1 Å². The molecule has 7 heteroatoms. The second-order valence-electron chi connectivity index (χ2n) is 8.41. The van der Waals surface area contributed by atoms with E-state index in [2.05, 4.69) is 0 Å². The van der Waals surface area contributed by atoms with E-state index < -0.39 is 5.97 Å². The van der Waals surface area contributed by atoms with Crippen molar-refractivity contribution in [1.82, 2.24) is 0 Å². The first-order valence-electron chi connectivity index (χ1n) is 11.4. The second-order valence-corrected chi connectivity index (χ2v) is 8.81.